The summed E-state index contributed by atoms with van der Waals surface area (Å²) in [6, 6.07) is 25.8. The lowest BCUT2D eigenvalue weighted by molar-refractivity contribution is -0.113. The number of carbonyl (C=O) groups is 1. The highest BCUT2D eigenvalue weighted by atomic mass is 31.2. The zero-order valence-electron chi connectivity index (χ0n) is 17.6. The van der Waals surface area contributed by atoms with Gasteiger partial charge >= 0.3 is 0 Å². The average Bonchev–Trinajstić information content (AvgIpc) is 3.14. The molecule has 0 unspecified atom stereocenters. The molecule has 1 aliphatic rings. The van der Waals surface area contributed by atoms with Crippen LogP contribution in [0, 0.1) is 0 Å². The smallest absolute Gasteiger partial charge is 0.232 e. The minimum atomic E-state index is -3.15. The van der Waals surface area contributed by atoms with Gasteiger partial charge in [0.15, 0.2) is 7.14 Å². The van der Waals surface area contributed by atoms with Crippen molar-refractivity contribution in [3.63, 3.8) is 0 Å². The van der Waals surface area contributed by atoms with Crippen molar-refractivity contribution < 1.29 is 14.1 Å². The van der Waals surface area contributed by atoms with Crippen molar-refractivity contribution in [3.05, 3.63) is 90.5 Å². The molecule has 0 saturated heterocycles. The molecule has 5 nitrogen and oxygen atoms in total. The highest BCUT2D eigenvalue weighted by Crippen LogP contribution is 2.43. The van der Waals surface area contributed by atoms with E-state index in [1.165, 1.54) is 0 Å². The Morgan fingerprint density at radius 2 is 1.48 bits per heavy atom. The van der Waals surface area contributed by atoms with Crippen LogP contribution in [0.15, 0.2) is 89.9 Å². The lowest BCUT2D eigenvalue weighted by Crippen LogP contribution is -2.26. The van der Waals surface area contributed by atoms with Gasteiger partial charge in [0.1, 0.15) is 6.61 Å². The van der Waals surface area contributed by atoms with Gasteiger partial charge in [-0.2, -0.15) is 0 Å². The van der Waals surface area contributed by atoms with Crippen LogP contribution in [-0.2, 0) is 14.1 Å². The highest BCUT2D eigenvalue weighted by molar-refractivity contribution is 7.79. The van der Waals surface area contributed by atoms with E-state index in [9.17, 15) is 9.36 Å². The van der Waals surface area contributed by atoms with Gasteiger partial charge < -0.3 is 14.6 Å². The van der Waals surface area contributed by atoms with E-state index in [1.807, 2.05) is 92.7 Å². The second kappa shape index (κ2) is 8.52. The number of hydrogen-bond acceptors (Lipinski definition) is 4. The predicted molar refractivity (Wildman–Crippen MR) is 126 cm³/mol. The zero-order valence-corrected chi connectivity index (χ0v) is 18.5. The van der Waals surface area contributed by atoms with Crippen LogP contribution in [0.1, 0.15) is 19.4 Å². The van der Waals surface area contributed by atoms with Gasteiger partial charge in [0.2, 0.25) is 11.8 Å². The number of rotatable bonds is 6. The van der Waals surface area contributed by atoms with Gasteiger partial charge in [0, 0.05) is 10.6 Å². The molecule has 0 spiro atoms. The summed E-state index contributed by atoms with van der Waals surface area (Å²) in [5.41, 5.74) is 1.01. The van der Waals surface area contributed by atoms with Gasteiger partial charge in [0.05, 0.1) is 23.0 Å². The van der Waals surface area contributed by atoms with E-state index in [0.717, 1.165) is 5.56 Å². The van der Waals surface area contributed by atoms with Crippen LogP contribution >= 0.6 is 7.14 Å². The van der Waals surface area contributed by atoms with Crippen molar-refractivity contribution in [2.24, 2.45) is 4.99 Å². The first-order chi connectivity index (χ1) is 14.9. The van der Waals surface area contributed by atoms with Crippen LogP contribution in [0.3, 0.4) is 0 Å². The summed E-state index contributed by atoms with van der Waals surface area (Å²) in [7, 11) is -3.15. The van der Waals surface area contributed by atoms with Crippen LogP contribution in [0.5, 0.6) is 0 Å². The number of anilines is 1. The molecule has 3 aromatic carbocycles. The Kier molecular flexibility index (Phi) is 5.79. The standard InChI is InChI=1S/C25H25N2O3P/c1-25(2)18-30-24(27-25)21-15-9-10-16-22(21)26-23(28)17-31(29,19-11-5-3-6-12-19)20-13-7-4-8-14-20/h3-16H,17-18H2,1-2H3,(H,26,28). The van der Waals surface area contributed by atoms with Crippen LogP contribution < -0.4 is 15.9 Å². The van der Waals surface area contributed by atoms with E-state index in [4.69, 9.17) is 4.74 Å². The number of carbonyl (C=O) groups excluding carboxylic acids is 1. The van der Waals surface area contributed by atoms with Crippen LogP contribution in [-0.4, -0.2) is 30.1 Å². The SMILES string of the molecule is CC1(C)COC(c2ccccc2NC(=O)CP(=O)(c2ccccc2)c2ccccc2)=N1. The predicted octanol–water partition coefficient (Wildman–Crippen LogP) is 4.19. The minimum absolute atomic E-state index is 0.131. The fourth-order valence-corrected chi connectivity index (χ4v) is 6.02. The van der Waals surface area contributed by atoms with E-state index in [2.05, 4.69) is 10.3 Å². The Hall–Kier alpha value is -3.17. The van der Waals surface area contributed by atoms with E-state index in [0.29, 0.717) is 28.8 Å². The molecule has 6 heteroatoms. The second-order valence-electron chi connectivity index (χ2n) is 8.18. The van der Waals surface area contributed by atoms with Gasteiger partial charge in [0.25, 0.3) is 0 Å². The molecular formula is C25H25N2O3P. The summed E-state index contributed by atoms with van der Waals surface area (Å²) in [6.45, 7) is 4.48. The molecular weight excluding hydrogens is 407 g/mol. The van der Waals surface area contributed by atoms with Gasteiger partial charge in [-0.3, -0.25) is 4.79 Å². The number of aliphatic imine (C=N–C) groups is 1. The van der Waals surface area contributed by atoms with Gasteiger partial charge in [-0.15, -0.1) is 0 Å². The summed E-state index contributed by atoms with van der Waals surface area (Å²) in [6.07, 6.45) is -0.131. The molecule has 0 aliphatic carbocycles. The first-order valence-electron chi connectivity index (χ1n) is 10.2. The Balaban J connectivity index is 1.63. The van der Waals surface area contributed by atoms with Crippen LogP contribution in [0.25, 0.3) is 0 Å². The molecule has 4 rings (SSSR count). The van der Waals surface area contributed by atoms with E-state index in [1.54, 1.807) is 6.07 Å². The van der Waals surface area contributed by atoms with Crippen LogP contribution in [0.2, 0.25) is 0 Å². The number of benzene rings is 3. The largest absolute Gasteiger partial charge is 0.475 e. The van der Waals surface area contributed by atoms with Crippen molar-refractivity contribution in [3.8, 4) is 0 Å². The van der Waals surface area contributed by atoms with Gasteiger partial charge in [-0.25, -0.2) is 4.99 Å². The van der Waals surface area contributed by atoms with Crippen molar-refractivity contribution in [1.82, 2.24) is 0 Å². The maximum atomic E-state index is 14.1. The number of nitrogens with zero attached hydrogens (tertiary/aromatic N) is 1. The molecule has 0 radical (unpaired) electrons. The molecule has 158 valence electrons. The number of hydrogen-bond donors (Lipinski definition) is 1. The highest BCUT2D eigenvalue weighted by Gasteiger charge is 2.31. The molecule has 0 aromatic heterocycles. The molecule has 3 aromatic rings. The number of para-hydroxylation sites is 1. The van der Waals surface area contributed by atoms with Crippen molar-refractivity contribution in [1.29, 1.82) is 0 Å². The molecule has 1 heterocycles. The van der Waals surface area contributed by atoms with E-state index in [-0.39, 0.29) is 17.6 Å². The topological polar surface area (TPSA) is 67.8 Å². The molecule has 1 amide bonds. The fourth-order valence-electron chi connectivity index (χ4n) is 3.56. The quantitative estimate of drug-likeness (QED) is 0.594. The molecule has 1 N–H and O–H groups in total. The lowest BCUT2D eigenvalue weighted by atomic mass is 10.1. The third-order valence-corrected chi connectivity index (χ3v) is 8.11. The molecule has 0 atom stereocenters. The van der Waals surface area contributed by atoms with Crippen molar-refractivity contribution >= 4 is 35.2 Å². The maximum Gasteiger partial charge on any atom is 0.232 e. The molecule has 0 saturated carbocycles. The molecule has 0 bridgehead atoms. The number of nitrogens with one attached hydrogen (secondary N) is 1. The normalized spacial score (nSPS) is 15.1. The monoisotopic (exact) mass is 432 g/mol. The number of amides is 1. The van der Waals surface area contributed by atoms with Crippen LogP contribution in [0.4, 0.5) is 5.69 Å². The summed E-state index contributed by atoms with van der Waals surface area (Å²) in [5.74, 6) is 0.191. The van der Waals surface area contributed by atoms with Crippen molar-refractivity contribution in [2.45, 2.75) is 19.4 Å². The fraction of sp³-hybridized carbons (Fsp3) is 0.200. The summed E-state index contributed by atoms with van der Waals surface area (Å²) in [5, 5.41) is 4.26. The summed E-state index contributed by atoms with van der Waals surface area (Å²) >= 11 is 0. The van der Waals surface area contributed by atoms with E-state index < -0.39 is 7.14 Å². The number of ether oxygens (including phenoxy) is 1. The Morgan fingerprint density at radius 1 is 0.935 bits per heavy atom. The average molecular weight is 432 g/mol. The molecule has 0 fully saturated rings. The first-order valence-corrected chi connectivity index (χ1v) is 12.1. The molecule has 1 aliphatic heterocycles. The zero-order chi connectivity index (χ0) is 21.9. The lowest BCUT2D eigenvalue weighted by Gasteiger charge is -2.19. The molecule has 31 heavy (non-hydrogen) atoms. The maximum absolute atomic E-state index is 14.1. The Morgan fingerprint density at radius 3 is 2.03 bits per heavy atom. The summed E-state index contributed by atoms with van der Waals surface area (Å²) in [4.78, 5) is 17.7. The summed E-state index contributed by atoms with van der Waals surface area (Å²) < 4.78 is 19.9. The third-order valence-electron chi connectivity index (χ3n) is 5.11. The Labute approximate surface area is 182 Å². The van der Waals surface area contributed by atoms with E-state index >= 15 is 0 Å². The third kappa shape index (κ3) is 4.62. The van der Waals surface area contributed by atoms with Gasteiger partial charge in [-0.05, 0) is 26.0 Å². The first kappa shape index (κ1) is 21.1. The Bertz CT molecular complexity index is 1110. The van der Waals surface area contributed by atoms with Gasteiger partial charge in [-0.1, -0.05) is 72.8 Å². The minimum Gasteiger partial charge on any atom is -0.475 e. The van der Waals surface area contributed by atoms with Crippen molar-refractivity contribution in [2.75, 3.05) is 18.1 Å². The second-order valence-corrected chi connectivity index (χ2v) is 11.0.